The van der Waals surface area contributed by atoms with Crippen LogP contribution in [0, 0.1) is 0 Å². The monoisotopic (exact) mass is 392 g/mol. The van der Waals surface area contributed by atoms with Crippen molar-refractivity contribution in [2.75, 3.05) is 30.9 Å². The van der Waals surface area contributed by atoms with Crippen molar-refractivity contribution < 1.29 is 9.53 Å². The number of anilines is 2. The number of benzene rings is 1. The number of amides is 1. The molecule has 1 N–H and O–H groups in total. The van der Waals surface area contributed by atoms with Gasteiger partial charge in [0.25, 0.3) is 0 Å². The predicted octanol–water partition coefficient (Wildman–Crippen LogP) is 2.45. The molecule has 0 saturated carbocycles. The van der Waals surface area contributed by atoms with E-state index < -0.39 is 0 Å². The number of hydrogen-bond acceptors (Lipinski definition) is 6. The lowest BCUT2D eigenvalue weighted by Gasteiger charge is -2.21. The number of likely N-dealkylation sites (N-methyl/N-ethyl adjacent to an activating group) is 1. The molecule has 8 heteroatoms. The van der Waals surface area contributed by atoms with Crippen molar-refractivity contribution in [3.05, 3.63) is 48.0 Å². The summed E-state index contributed by atoms with van der Waals surface area (Å²) < 4.78 is 7.08. The average molecular weight is 392 g/mol. The van der Waals surface area contributed by atoms with Gasteiger partial charge in [-0.05, 0) is 31.4 Å². The molecule has 0 aliphatic heterocycles. The Morgan fingerprint density at radius 1 is 1.31 bits per heavy atom. The minimum absolute atomic E-state index is 0.120. The summed E-state index contributed by atoms with van der Waals surface area (Å²) in [6.45, 7) is 0.183. The number of carbonyl (C=O) groups excluding carboxylic acids is 1. The zero-order chi connectivity index (χ0) is 20.4. The van der Waals surface area contributed by atoms with Crippen LogP contribution < -0.4 is 15.0 Å². The zero-order valence-electron chi connectivity index (χ0n) is 16.8. The van der Waals surface area contributed by atoms with Gasteiger partial charge < -0.3 is 19.5 Å². The van der Waals surface area contributed by atoms with E-state index in [9.17, 15) is 4.79 Å². The third-order valence-electron chi connectivity index (χ3n) is 4.94. The minimum Gasteiger partial charge on any atom is -0.497 e. The highest BCUT2D eigenvalue weighted by molar-refractivity contribution is 5.94. The highest BCUT2D eigenvalue weighted by atomic mass is 16.5. The molecule has 150 valence electrons. The van der Waals surface area contributed by atoms with Gasteiger partial charge in [0.15, 0.2) is 5.82 Å². The first-order valence-corrected chi connectivity index (χ1v) is 9.56. The maximum absolute atomic E-state index is 12.6. The second-order valence-corrected chi connectivity index (χ2v) is 7.21. The Bertz CT molecular complexity index is 1050. The molecule has 0 fully saturated rings. The van der Waals surface area contributed by atoms with Crippen LogP contribution in [0.2, 0.25) is 0 Å². The normalized spacial score (nSPS) is 12.5. The molecule has 0 unspecified atom stereocenters. The number of fused-ring (bicyclic) bond motifs is 1. The number of aromatic nitrogens is 4. The van der Waals surface area contributed by atoms with E-state index in [0.29, 0.717) is 17.3 Å². The number of rotatable bonds is 6. The Morgan fingerprint density at radius 3 is 2.93 bits per heavy atom. The molecule has 1 amide bonds. The van der Waals surface area contributed by atoms with Crippen LogP contribution in [0.1, 0.15) is 17.7 Å². The van der Waals surface area contributed by atoms with E-state index in [4.69, 9.17) is 14.7 Å². The van der Waals surface area contributed by atoms with Crippen molar-refractivity contribution in [3.63, 3.8) is 0 Å². The third kappa shape index (κ3) is 4.06. The van der Waals surface area contributed by atoms with Gasteiger partial charge >= 0.3 is 0 Å². The highest BCUT2D eigenvalue weighted by Crippen LogP contribution is 2.30. The van der Waals surface area contributed by atoms with E-state index in [2.05, 4.69) is 10.3 Å². The average Bonchev–Trinajstić information content (AvgIpc) is 3.35. The fourth-order valence-electron chi connectivity index (χ4n) is 3.56. The van der Waals surface area contributed by atoms with E-state index in [1.54, 1.807) is 19.5 Å². The van der Waals surface area contributed by atoms with Gasteiger partial charge in [-0.3, -0.25) is 4.79 Å². The van der Waals surface area contributed by atoms with Crippen molar-refractivity contribution >= 4 is 17.4 Å². The topological polar surface area (TPSA) is 85.2 Å². The SMILES string of the molecule is COc1cccc(NC(=O)CN(C)c2nc(-c3cn(C)cn3)nc3c2CCC3)c1. The fraction of sp³-hybridized carbons (Fsp3) is 0.333. The molecule has 0 radical (unpaired) electrons. The van der Waals surface area contributed by atoms with Crippen molar-refractivity contribution in [1.82, 2.24) is 19.5 Å². The Hall–Kier alpha value is -3.42. The lowest BCUT2D eigenvalue weighted by atomic mass is 10.2. The summed E-state index contributed by atoms with van der Waals surface area (Å²) in [6.07, 6.45) is 6.53. The van der Waals surface area contributed by atoms with Crippen molar-refractivity contribution in [3.8, 4) is 17.3 Å². The fourth-order valence-corrected chi connectivity index (χ4v) is 3.56. The number of carbonyl (C=O) groups is 1. The van der Waals surface area contributed by atoms with E-state index in [1.165, 1.54) is 0 Å². The lowest BCUT2D eigenvalue weighted by Crippen LogP contribution is -2.31. The molecule has 4 rings (SSSR count). The van der Waals surface area contributed by atoms with Crippen LogP contribution in [0.15, 0.2) is 36.8 Å². The highest BCUT2D eigenvalue weighted by Gasteiger charge is 2.23. The van der Waals surface area contributed by atoms with Crippen LogP contribution in [0.25, 0.3) is 11.5 Å². The molecule has 29 heavy (non-hydrogen) atoms. The molecule has 3 aromatic rings. The summed E-state index contributed by atoms with van der Waals surface area (Å²) in [5, 5.41) is 2.91. The van der Waals surface area contributed by atoms with Crippen LogP contribution in [-0.2, 0) is 24.7 Å². The molecule has 2 heterocycles. The number of nitrogens with one attached hydrogen (secondary N) is 1. The number of nitrogens with zero attached hydrogens (tertiary/aromatic N) is 5. The smallest absolute Gasteiger partial charge is 0.243 e. The molecular weight excluding hydrogens is 368 g/mol. The molecule has 0 saturated heterocycles. The summed E-state index contributed by atoms with van der Waals surface area (Å²) in [7, 11) is 5.40. The predicted molar refractivity (Wildman–Crippen MR) is 111 cm³/mol. The van der Waals surface area contributed by atoms with E-state index >= 15 is 0 Å². The van der Waals surface area contributed by atoms with Crippen molar-refractivity contribution in [2.24, 2.45) is 7.05 Å². The van der Waals surface area contributed by atoms with E-state index in [-0.39, 0.29) is 12.5 Å². The largest absolute Gasteiger partial charge is 0.497 e. The van der Waals surface area contributed by atoms with Crippen molar-refractivity contribution in [2.45, 2.75) is 19.3 Å². The first-order chi connectivity index (χ1) is 14.0. The van der Waals surface area contributed by atoms with Gasteiger partial charge in [0.05, 0.1) is 20.0 Å². The molecular formula is C21H24N6O2. The standard InChI is InChI=1S/C21H24N6O2/c1-26-11-18(22-13-26)20-24-17-9-5-8-16(17)21(25-20)27(2)12-19(28)23-14-6-4-7-15(10-14)29-3/h4,6-7,10-11,13H,5,8-9,12H2,1-3H3,(H,23,28). The zero-order valence-corrected chi connectivity index (χ0v) is 16.8. The molecule has 0 spiro atoms. The number of ether oxygens (including phenoxy) is 1. The van der Waals surface area contributed by atoms with Gasteiger partial charge in [0, 0.05) is 43.3 Å². The molecule has 0 atom stereocenters. The summed E-state index contributed by atoms with van der Waals surface area (Å²) in [4.78, 5) is 28.3. The summed E-state index contributed by atoms with van der Waals surface area (Å²) >= 11 is 0. The summed E-state index contributed by atoms with van der Waals surface area (Å²) in [6, 6.07) is 7.31. The Balaban J connectivity index is 1.55. The number of aryl methyl sites for hydroxylation is 2. The van der Waals surface area contributed by atoms with Gasteiger partial charge in [-0.15, -0.1) is 0 Å². The summed E-state index contributed by atoms with van der Waals surface area (Å²) in [5.41, 5.74) is 3.61. The molecule has 2 aromatic heterocycles. The van der Waals surface area contributed by atoms with Crippen molar-refractivity contribution in [1.29, 1.82) is 0 Å². The second-order valence-electron chi connectivity index (χ2n) is 7.21. The van der Waals surface area contributed by atoms with Gasteiger partial charge in [-0.25, -0.2) is 15.0 Å². The van der Waals surface area contributed by atoms with E-state index in [0.717, 1.165) is 42.0 Å². The van der Waals surface area contributed by atoms with E-state index in [1.807, 2.05) is 48.0 Å². The van der Waals surface area contributed by atoms with Gasteiger partial charge in [0.1, 0.15) is 17.3 Å². The Kier molecular flexibility index (Phi) is 5.16. The van der Waals surface area contributed by atoms with Gasteiger partial charge in [-0.1, -0.05) is 6.07 Å². The second kappa shape index (κ2) is 7.90. The molecule has 1 aliphatic rings. The van der Waals surface area contributed by atoms with Gasteiger partial charge in [0.2, 0.25) is 5.91 Å². The third-order valence-corrected chi connectivity index (χ3v) is 4.94. The lowest BCUT2D eigenvalue weighted by molar-refractivity contribution is -0.114. The Morgan fingerprint density at radius 2 is 2.17 bits per heavy atom. The minimum atomic E-state index is -0.120. The maximum atomic E-state index is 12.6. The quantitative estimate of drug-likeness (QED) is 0.694. The van der Waals surface area contributed by atoms with Crippen LogP contribution in [0.5, 0.6) is 5.75 Å². The Labute approximate surface area is 169 Å². The number of imidazole rings is 1. The number of methoxy groups -OCH3 is 1. The van der Waals surface area contributed by atoms with Crippen LogP contribution in [0.4, 0.5) is 11.5 Å². The first kappa shape index (κ1) is 18.9. The van der Waals surface area contributed by atoms with Crippen LogP contribution in [0.3, 0.4) is 0 Å². The molecule has 0 bridgehead atoms. The maximum Gasteiger partial charge on any atom is 0.243 e. The first-order valence-electron chi connectivity index (χ1n) is 9.56. The molecule has 1 aromatic carbocycles. The van der Waals surface area contributed by atoms with Gasteiger partial charge in [-0.2, -0.15) is 0 Å². The molecule has 1 aliphatic carbocycles. The number of hydrogen-bond donors (Lipinski definition) is 1. The van der Waals surface area contributed by atoms with Crippen LogP contribution in [-0.4, -0.2) is 46.1 Å². The molecule has 8 nitrogen and oxygen atoms in total. The van der Waals surface area contributed by atoms with Crippen LogP contribution >= 0.6 is 0 Å². The summed E-state index contributed by atoms with van der Waals surface area (Å²) in [5.74, 6) is 1.98.